The predicted octanol–water partition coefficient (Wildman–Crippen LogP) is 5.14. The van der Waals surface area contributed by atoms with Gasteiger partial charge in [0, 0.05) is 12.3 Å². The average molecular weight is 332 g/mol. The van der Waals surface area contributed by atoms with E-state index in [1.165, 1.54) is 25.7 Å². The van der Waals surface area contributed by atoms with Crippen LogP contribution in [0.1, 0.15) is 63.9 Å². The molecule has 1 fully saturated rings. The van der Waals surface area contributed by atoms with Crippen LogP contribution in [-0.2, 0) is 6.42 Å². The normalized spacial score (nSPS) is 17.4. The molecule has 0 aliphatic heterocycles. The molecule has 0 bridgehead atoms. The van der Waals surface area contributed by atoms with E-state index in [2.05, 4.69) is 41.7 Å². The standard InChI is InChI=1S/C14H20BrClN2/c1-14(2,3)8-10-17-12(9-6-4-5-7-9)11(15)13(16)18-10/h9H,4-8H2,1-3H3. The summed E-state index contributed by atoms with van der Waals surface area (Å²) in [4.78, 5) is 9.16. The summed E-state index contributed by atoms with van der Waals surface area (Å²) >= 11 is 9.78. The fourth-order valence-corrected chi connectivity index (χ4v) is 3.20. The summed E-state index contributed by atoms with van der Waals surface area (Å²) < 4.78 is 0.897. The number of aromatic nitrogens is 2. The van der Waals surface area contributed by atoms with Gasteiger partial charge in [-0.2, -0.15) is 0 Å². The van der Waals surface area contributed by atoms with Crippen LogP contribution in [0.5, 0.6) is 0 Å². The first kappa shape index (κ1) is 14.3. The molecule has 0 spiro atoms. The van der Waals surface area contributed by atoms with Crippen LogP contribution < -0.4 is 0 Å². The fourth-order valence-electron chi connectivity index (χ4n) is 2.50. The lowest BCUT2D eigenvalue weighted by atomic mass is 9.92. The molecule has 0 saturated heterocycles. The van der Waals surface area contributed by atoms with Crippen LogP contribution in [0, 0.1) is 5.41 Å². The molecule has 2 rings (SSSR count). The quantitative estimate of drug-likeness (QED) is 0.701. The van der Waals surface area contributed by atoms with Gasteiger partial charge in [0.2, 0.25) is 0 Å². The van der Waals surface area contributed by atoms with Gasteiger partial charge in [0.1, 0.15) is 11.0 Å². The molecule has 0 N–H and O–H groups in total. The maximum Gasteiger partial charge on any atom is 0.147 e. The van der Waals surface area contributed by atoms with E-state index in [0.717, 1.165) is 22.4 Å². The van der Waals surface area contributed by atoms with Gasteiger partial charge in [-0.15, -0.1) is 0 Å². The molecular weight excluding hydrogens is 312 g/mol. The molecule has 4 heteroatoms. The smallest absolute Gasteiger partial charge is 0.147 e. The summed E-state index contributed by atoms with van der Waals surface area (Å²) in [6.07, 6.45) is 5.90. The van der Waals surface area contributed by atoms with Gasteiger partial charge in [-0.25, -0.2) is 9.97 Å². The third-order valence-corrected chi connectivity index (χ3v) is 4.60. The Labute approximate surface area is 123 Å². The van der Waals surface area contributed by atoms with Gasteiger partial charge in [0.25, 0.3) is 0 Å². The van der Waals surface area contributed by atoms with Crippen molar-refractivity contribution in [1.82, 2.24) is 9.97 Å². The molecule has 18 heavy (non-hydrogen) atoms. The van der Waals surface area contributed by atoms with E-state index in [1.807, 2.05) is 0 Å². The minimum Gasteiger partial charge on any atom is -0.236 e. The van der Waals surface area contributed by atoms with Crippen molar-refractivity contribution in [3.05, 3.63) is 21.1 Å². The van der Waals surface area contributed by atoms with Crippen LogP contribution in [0.2, 0.25) is 5.15 Å². The van der Waals surface area contributed by atoms with Gasteiger partial charge in [0.05, 0.1) is 10.2 Å². The molecule has 2 nitrogen and oxygen atoms in total. The van der Waals surface area contributed by atoms with Crippen LogP contribution in [0.3, 0.4) is 0 Å². The van der Waals surface area contributed by atoms with Crippen LogP contribution in [0.4, 0.5) is 0 Å². The molecule has 0 atom stereocenters. The Hall–Kier alpha value is -0.150. The number of rotatable bonds is 2. The highest BCUT2D eigenvalue weighted by Crippen LogP contribution is 2.38. The highest BCUT2D eigenvalue weighted by Gasteiger charge is 2.24. The van der Waals surface area contributed by atoms with Crippen LogP contribution in [-0.4, -0.2) is 9.97 Å². The Morgan fingerprint density at radius 2 is 1.83 bits per heavy atom. The SMILES string of the molecule is CC(C)(C)Cc1nc(Cl)c(Br)c(C2CCCC2)n1. The van der Waals surface area contributed by atoms with E-state index in [-0.39, 0.29) is 5.41 Å². The Bertz CT molecular complexity index is 434. The largest absolute Gasteiger partial charge is 0.236 e. The van der Waals surface area contributed by atoms with E-state index in [4.69, 9.17) is 16.6 Å². The molecule has 0 radical (unpaired) electrons. The lowest BCUT2D eigenvalue weighted by Gasteiger charge is -2.19. The van der Waals surface area contributed by atoms with Crippen molar-refractivity contribution < 1.29 is 0 Å². The van der Waals surface area contributed by atoms with Crippen molar-refractivity contribution in [1.29, 1.82) is 0 Å². The molecule has 1 aliphatic carbocycles. The third-order valence-electron chi connectivity index (χ3n) is 3.31. The Morgan fingerprint density at radius 3 is 2.39 bits per heavy atom. The topological polar surface area (TPSA) is 25.8 Å². The lowest BCUT2D eigenvalue weighted by Crippen LogP contribution is -2.14. The van der Waals surface area contributed by atoms with Gasteiger partial charge in [-0.1, -0.05) is 45.2 Å². The Morgan fingerprint density at radius 1 is 1.22 bits per heavy atom. The van der Waals surface area contributed by atoms with Gasteiger partial charge >= 0.3 is 0 Å². The first-order chi connectivity index (χ1) is 8.37. The number of nitrogens with zero attached hydrogens (tertiary/aromatic N) is 2. The lowest BCUT2D eigenvalue weighted by molar-refractivity contribution is 0.399. The van der Waals surface area contributed by atoms with Gasteiger partial charge < -0.3 is 0 Å². The highest BCUT2D eigenvalue weighted by atomic mass is 79.9. The first-order valence-electron chi connectivity index (χ1n) is 6.58. The molecule has 1 aromatic rings. The molecule has 100 valence electrons. The van der Waals surface area contributed by atoms with Crippen LogP contribution >= 0.6 is 27.5 Å². The second-order valence-electron chi connectivity index (χ2n) is 6.35. The highest BCUT2D eigenvalue weighted by molar-refractivity contribution is 9.10. The zero-order valence-corrected chi connectivity index (χ0v) is 13.6. The molecular formula is C14H20BrClN2. The van der Waals surface area contributed by atoms with Crippen LogP contribution in [0.15, 0.2) is 4.47 Å². The van der Waals surface area contributed by atoms with Crippen molar-refractivity contribution in [2.45, 2.75) is 58.8 Å². The summed E-state index contributed by atoms with van der Waals surface area (Å²) in [6, 6.07) is 0. The van der Waals surface area contributed by atoms with E-state index in [0.29, 0.717) is 11.1 Å². The Kier molecular flexibility index (Phi) is 4.32. The van der Waals surface area contributed by atoms with Crippen LogP contribution in [0.25, 0.3) is 0 Å². The van der Waals surface area contributed by atoms with E-state index >= 15 is 0 Å². The van der Waals surface area contributed by atoms with E-state index < -0.39 is 0 Å². The van der Waals surface area contributed by atoms with Crippen molar-refractivity contribution in [3.63, 3.8) is 0 Å². The van der Waals surface area contributed by atoms with Gasteiger partial charge in [0.15, 0.2) is 0 Å². The fraction of sp³-hybridized carbons (Fsp3) is 0.714. The average Bonchev–Trinajstić information content (AvgIpc) is 2.74. The van der Waals surface area contributed by atoms with E-state index in [9.17, 15) is 0 Å². The summed E-state index contributed by atoms with van der Waals surface area (Å²) in [5, 5.41) is 0.561. The predicted molar refractivity (Wildman–Crippen MR) is 79.1 cm³/mol. The van der Waals surface area contributed by atoms with E-state index in [1.54, 1.807) is 0 Å². The minimum atomic E-state index is 0.185. The monoisotopic (exact) mass is 330 g/mol. The van der Waals surface area contributed by atoms with Gasteiger partial charge in [-0.3, -0.25) is 0 Å². The first-order valence-corrected chi connectivity index (χ1v) is 7.76. The zero-order valence-electron chi connectivity index (χ0n) is 11.3. The summed E-state index contributed by atoms with van der Waals surface area (Å²) in [6.45, 7) is 6.59. The molecule has 1 aromatic heterocycles. The summed E-state index contributed by atoms with van der Waals surface area (Å²) in [5.74, 6) is 1.43. The number of halogens is 2. The van der Waals surface area contributed by atoms with Crippen molar-refractivity contribution in [2.75, 3.05) is 0 Å². The molecule has 0 unspecified atom stereocenters. The number of hydrogen-bond donors (Lipinski definition) is 0. The molecule has 1 saturated carbocycles. The maximum atomic E-state index is 6.23. The van der Waals surface area contributed by atoms with Crippen molar-refractivity contribution in [3.8, 4) is 0 Å². The summed E-state index contributed by atoms with van der Waals surface area (Å²) in [5.41, 5.74) is 1.30. The maximum absolute atomic E-state index is 6.23. The molecule has 0 aromatic carbocycles. The van der Waals surface area contributed by atoms with Gasteiger partial charge in [-0.05, 0) is 34.2 Å². The third kappa shape index (κ3) is 3.45. The Balaban J connectivity index is 2.33. The van der Waals surface area contributed by atoms with Crippen molar-refractivity contribution in [2.24, 2.45) is 5.41 Å². The molecule has 1 aliphatic rings. The minimum absolute atomic E-state index is 0.185. The second kappa shape index (κ2) is 5.46. The van der Waals surface area contributed by atoms with Crippen molar-refractivity contribution >= 4 is 27.5 Å². The second-order valence-corrected chi connectivity index (χ2v) is 7.50. The number of hydrogen-bond acceptors (Lipinski definition) is 2. The molecule has 0 amide bonds. The molecule has 1 heterocycles. The summed E-state index contributed by atoms with van der Waals surface area (Å²) in [7, 11) is 0. The zero-order chi connectivity index (χ0) is 13.3.